The molecule has 0 saturated carbocycles. The van der Waals surface area contributed by atoms with E-state index in [9.17, 15) is 4.79 Å². The minimum absolute atomic E-state index is 0.122. The largest absolute Gasteiger partial charge is 0.493 e. The van der Waals surface area contributed by atoms with Gasteiger partial charge in [-0.05, 0) is 55.2 Å². The van der Waals surface area contributed by atoms with Crippen molar-refractivity contribution in [1.82, 2.24) is 0 Å². The lowest BCUT2D eigenvalue weighted by atomic mass is 10.1. The molecule has 0 aromatic heterocycles. The van der Waals surface area contributed by atoms with Crippen LogP contribution in [0, 0.1) is 19.8 Å². The second-order valence-electron chi connectivity index (χ2n) is 5.93. The Kier molecular flexibility index (Phi) is 5.21. The van der Waals surface area contributed by atoms with E-state index in [1.54, 1.807) is 12.1 Å². The quantitative estimate of drug-likeness (QED) is 0.876. The van der Waals surface area contributed by atoms with Crippen LogP contribution < -0.4 is 10.1 Å². The molecule has 0 atom stereocenters. The van der Waals surface area contributed by atoms with Gasteiger partial charge in [0.2, 0.25) is 0 Å². The zero-order valence-electron chi connectivity index (χ0n) is 13.6. The standard InChI is InChI=1S/C19H23NO2/c1-13(2)12-22-17-9-6-8-16(11-17)19(21)20-18-10-5-7-14(3)15(18)4/h5-11,13H,12H2,1-4H3,(H,20,21). The van der Waals surface area contributed by atoms with E-state index < -0.39 is 0 Å². The Hall–Kier alpha value is -2.29. The Balaban J connectivity index is 2.12. The number of rotatable bonds is 5. The van der Waals surface area contributed by atoms with Gasteiger partial charge in [0.25, 0.3) is 5.91 Å². The molecule has 0 aliphatic heterocycles. The third-order valence-corrected chi connectivity index (χ3v) is 3.53. The van der Waals surface area contributed by atoms with Crippen molar-refractivity contribution >= 4 is 11.6 Å². The van der Waals surface area contributed by atoms with Crippen molar-refractivity contribution in [3.63, 3.8) is 0 Å². The van der Waals surface area contributed by atoms with Gasteiger partial charge in [0.1, 0.15) is 5.75 Å². The van der Waals surface area contributed by atoms with E-state index in [4.69, 9.17) is 4.74 Å². The molecule has 0 heterocycles. The molecule has 0 aliphatic rings. The lowest BCUT2D eigenvalue weighted by Crippen LogP contribution is -2.13. The first-order chi connectivity index (χ1) is 10.5. The molecular weight excluding hydrogens is 274 g/mol. The highest BCUT2D eigenvalue weighted by Gasteiger charge is 2.09. The van der Waals surface area contributed by atoms with Crippen LogP contribution in [-0.2, 0) is 0 Å². The SMILES string of the molecule is Cc1cccc(NC(=O)c2cccc(OCC(C)C)c2)c1C. The van der Waals surface area contributed by atoms with Crippen molar-refractivity contribution < 1.29 is 9.53 Å². The summed E-state index contributed by atoms with van der Waals surface area (Å²) in [5.74, 6) is 1.05. The molecule has 0 fully saturated rings. The van der Waals surface area contributed by atoms with Crippen LogP contribution in [0.25, 0.3) is 0 Å². The number of nitrogens with one attached hydrogen (secondary N) is 1. The molecule has 3 nitrogen and oxygen atoms in total. The van der Waals surface area contributed by atoms with Gasteiger partial charge in [-0.2, -0.15) is 0 Å². The van der Waals surface area contributed by atoms with E-state index in [2.05, 4.69) is 19.2 Å². The molecule has 1 N–H and O–H groups in total. The predicted molar refractivity (Wildman–Crippen MR) is 90.6 cm³/mol. The maximum atomic E-state index is 12.4. The van der Waals surface area contributed by atoms with Gasteiger partial charge in [0, 0.05) is 11.3 Å². The normalized spacial score (nSPS) is 10.6. The first-order valence-electron chi connectivity index (χ1n) is 7.58. The molecule has 2 aromatic rings. The van der Waals surface area contributed by atoms with Crippen molar-refractivity contribution in [3.05, 3.63) is 59.2 Å². The van der Waals surface area contributed by atoms with Gasteiger partial charge in [-0.15, -0.1) is 0 Å². The van der Waals surface area contributed by atoms with Gasteiger partial charge in [-0.25, -0.2) is 0 Å². The smallest absolute Gasteiger partial charge is 0.255 e. The highest BCUT2D eigenvalue weighted by atomic mass is 16.5. The summed E-state index contributed by atoms with van der Waals surface area (Å²) in [4.78, 5) is 12.4. The van der Waals surface area contributed by atoms with E-state index >= 15 is 0 Å². The zero-order chi connectivity index (χ0) is 16.1. The van der Waals surface area contributed by atoms with Gasteiger partial charge in [-0.3, -0.25) is 4.79 Å². The average molecular weight is 297 g/mol. The van der Waals surface area contributed by atoms with Crippen molar-refractivity contribution in [2.75, 3.05) is 11.9 Å². The summed E-state index contributed by atoms with van der Waals surface area (Å²) < 4.78 is 5.67. The summed E-state index contributed by atoms with van der Waals surface area (Å²) in [6.07, 6.45) is 0. The van der Waals surface area contributed by atoms with E-state index in [1.807, 2.05) is 44.2 Å². The number of amides is 1. The molecular formula is C19H23NO2. The third-order valence-electron chi connectivity index (χ3n) is 3.53. The highest BCUT2D eigenvalue weighted by molar-refractivity contribution is 6.04. The van der Waals surface area contributed by atoms with E-state index in [0.29, 0.717) is 18.1 Å². The first kappa shape index (κ1) is 16.1. The monoisotopic (exact) mass is 297 g/mol. The number of aryl methyl sites for hydroxylation is 1. The molecule has 0 bridgehead atoms. The van der Waals surface area contributed by atoms with E-state index in [0.717, 1.165) is 22.6 Å². The molecule has 0 aliphatic carbocycles. The Bertz CT molecular complexity index is 662. The van der Waals surface area contributed by atoms with Crippen LogP contribution in [0.2, 0.25) is 0 Å². The fourth-order valence-electron chi connectivity index (χ4n) is 2.07. The molecule has 0 unspecified atom stereocenters. The van der Waals surface area contributed by atoms with Gasteiger partial charge in [-0.1, -0.05) is 32.0 Å². The van der Waals surface area contributed by atoms with Crippen LogP contribution in [-0.4, -0.2) is 12.5 Å². The van der Waals surface area contributed by atoms with Gasteiger partial charge >= 0.3 is 0 Å². The number of hydrogen-bond donors (Lipinski definition) is 1. The minimum atomic E-state index is -0.122. The van der Waals surface area contributed by atoms with Crippen molar-refractivity contribution in [1.29, 1.82) is 0 Å². The molecule has 1 amide bonds. The summed E-state index contributed by atoms with van der Waals surface area (Å²) in [6.45, 7) is 8.87. The third kappa shape index (κ3) is 4.10. The molecule has 0 spiro atoms. The first-order valence-corrected chi connectivity index (χ1v) is 7.58. The molecule has 2 rings (SSSR count). The van der Waals surface area contributed by atoms with Crippen molar-refractivity contribution in [2.24, 2.45) is 5.92 Å². The van der Waals surface area contributed by atoms with Gasteiger partial charge < -0.3 is 10.1 Å². The average Bonchev–Trinajstić information content (AvgIpc) is 2.50. The fraction of sp³-hybridized carbons (Fsp3) is 0.316. The van der Waals surface area contributed by atoms with Crippen LogP contribution in [0.15, 0.2) is 42.5 Å². The lowest BCUT2D eigenvalue weighted by molar-refractivity contribution is 0.102. The van der Waals surface area contributed by atoms with Crippen LogP contribution in [0.4, 0.5) is 5.69 Å². The number of ether oxygens (including phenoxy) is 1. The number of carbonyl (C=O) groups is 1. The summed E-state index contributed by atoms with van der Waals surface area (Å²) in [6, 6.07) is 13.2. The fourth-order valence-corrected chi connectivity index (χ4v) is 2.07. The van der Waals surface area contributed by atoms with Crippen molar-refractivity contribution in [2.45, 2.75) is 27.7 Å². The Morgan fingerprint density at radius 3 is 2.59 bits per heavy atom. The summed E-state index contributed by atoms with van der Waals surface area (Å²) >= 11 is 0. The van der Waals surface area contributed by atoms with Gasteiger partial charge in [0.15, 0.2) is 0 Å². The predicted octanol–water partition coefficient (Wildman–Crippen LogP) is 4.59. The molecule has 22 heavy (non-hydrogen) atoms. The topological polar surface area (TPSA) is 38.3 Å². The Morgan fingerprint density at radius 1 is 1.14 bits per heavy atom. The Labute approximate surface area is 132 Å². The van der Waals surface area contributed by atoms with Gasteiger partial charge in [0.05, 0.1) is 6.61 Å². The Morgan fingerprint density at radius 2 is 1.86 bits per heavy atom. The summed E-state index contributed by atoms with van der Waals surface area (Å²) in [5.41, 5.74) is 3.69. The molecule has 0 saturated heterocycles. The molecule has 2 aromatic carbocycles. The second kappa shape index (κ2) is 7.12. The maximum Gasteiger partial charge on any atom is 0.255 e. The zero-order valence-corrected chi connectivity index (χ0v) is 13.6. The lowest BCUT2D eigenvalue weighted by Gasteiger charge is -2.12. The maximum absolute atomic E-state index is 12.4. The van der Waals surface area contributed by atoms with Crippen LogP contribution >= 0.6 is 0 Å². The van der Waals surface area contributed by atoms with Crippen LogP contribution in [0.1, 0.15) is 35.3 Å². The summed E-state index contributed by atoms with van der Waals surface area (Å²) in [5, 5.41) is 2.96. The molecule has 116 valence electrons. The minimum Gasteiger partial charge on any atom is -0.493 e. The van der Waals surface area contributed by atoms with E-state index in [1.165, 1.54) is 0 Å². The number of anilines is 1. The van der Waals surface area contributed by atoms with E-state index in [-0.39, 0.29) is 5.91 Å². The van der Waals surface area contributed by atoms with Crippen molar-refractivity contribution in [3.8, 4) is 5.75 Å². The highest BCUT2D eigenvalue weighted by Crippen LogP contribution is 2.20. The number of hydrogen-bond acceptors (Lipinski definition) is 2. The van der Waals surface area contributed by atoms with Crippen LogP contribution in [0.3, 0.4) is 0 Å². The molecule has 3 heteroatoms. The number of benzene rings is 2. The van der Waals surface area contributed by atoms with Crippen LogP contribution in [0.5, 0.6) is 5.75 Å². The second-order valence-corrected chi connectivity index (χ2v) is 5.93. The number of carbonyl (C=O) groups excluding carboxylic acids is 1. The summed E-state index contributed by atoms with van der Waals surface area (Å²) in [7, 11) is 0. The molecule has 0 radical (unpaired) electrons.